The number of hydrogen-bond acceptors (Lipinski definition) is 5. The molecule has 27 heavy (non-hydrogen) atoms. The lowest BCUT2D eigenvalue weighted by Crippen LogP contribution is -2.18. The third kappa shape index (κ3) is 5.08. The van der Waals surface area contributed by atoms with Crippen molar-refractivity contribution in [1.82, 2.24) is 9.97 Å². The second kappa shape index (κ2) is 8.37. The maximum atomic E-state index is 5.48. The molecule has 0 aliphatic heterocycles. The smallest absolute Gasteiger partial charge is 0.168 e. The summed E-state index contributed by atoms with van der Waals surface area (Å²) < 4.78 is 0. The number of aryl methyl sites for hydroxylation is 1. The third-order valence-corrected chi connectivity index (χ3v) is 3.92. The van der Waals surface area contributed by atoms with Gasteiger partial charge in [-0.05, 0) is 43.8 Å². The molecule has 0 bridgehead atoms. The van der Waals surface area contributed by atoms with Crippen LogP contribution in [0.2, 0.25) is 0 Å². The van der Waals surface area contributed by atoms with Crippen LogP contribution >= 0.6 is 12.2 Å². The van der Waals surface area contributed by atoms with Gasteiger partial charge in [0.1, 0.15) is 11.6 Å². The van der Waals surface area contributed by atoms with Crippen molar-refractivity contribution in [2.45, 2.75) is 13.8 Å². The fourth-order valence-electron chi connectivity index (χ4n) is 2.52. The predicted molar refractivity (Wildman–Crippen MR) is 115 cm³/mol. The summed E-state index contributed by atoms with van der Waals surface area (Å²) in [6.07, 6.45) is 0. The van der Waals surface area contributed by atoms with E-state index in [2.05, 4.69) is 25.8 Å². The van der Waals surface area contributed by atoms with E-state index in [1.54, 1.807) is 0 Å². The summed E-state index contributed by atoms with van der Waals surface area (Å²) in [5.74, 6) is 1.33. The maximum Gasteiger partial charge on any atom is 0.168 e. The molecule has 0 saturated carbocycles. The number of anilines is 2. The van der Waals surface area contributed by atoms with Crippen molar-refractivity contribution in [1.29, 1.82) is 0 Å². The second-order valence-corrected chi connectivity index (χ2v) is 6.37. The highest BCUT2D eigenvalue weighted by Gasteiger charge is 2.04. The van der Waals surface area contributed by atoms with Crippen molar-refractivity contribution in [2.75, 3.05) is 10.7 Å². The molecule has 1 heterocycles. The largest absolute Gasteiger partial charge is 0.376 e. The van der Waals surface area contributed by atoms with E-state index in [4.69, 9.17) is 18.0 Å². The predicted octanol–water partition coefficient (Wildman–Crippen LogP) is 3.94. The summed E-state index contributed by atoms with van der Waals surface area (Å²) in [6.45, 7) is 3.79. The summed E-state index contributed by atoms with van der Waals surface area (Å²) in [5.41, 5.74) is 13.0. The molecule has 0 amide bonds. The van der Waals surface area contributed by atoms with Crippen LogP contribution in [0.15, 0.2) is 65.8 Å². The van der Waals surface area contributed by atoms with Crippen LogP contribution in [-0.2, 0) is 0 Å². The lowest BCUT2D eigenvalue weighted by atomic mass is 10.1. The number of nitrogens with one attached hydrogen (secondary N) is 2. The van der Waals surface area contributed by atoms with Gasteiger partial charge in [0.25, 0.3) is 0 Å². The number of hydrogen-bond donors (Lipinski definition) is 3. The zero-order valence-corrected chi connectivity index (χ0v) is 15.9. The molecule has 2 aromatic carbocycles. The molecule has 0 fully saturated rings. The SMILES string of the molecule is CC(=NNc1cc(-c2ccccc2)nc(C)n1)c1ccc(NC(N)=S)cc1. The van der Waals surface area contributed by atoms with Crippen LogP contribution in [0.25, 0.3) is 11.3 Å². The van der Waals surface area contributed by atoms with E-state index in [1.807, 2.05) is 74.5 Å². The van der Waals surface area contributed by atoms with Crippen molar-refractivity contribution in [3.05, 3.63) is 72.1 Å². The molecule has 0 saturated heterocycles. The molecule has 4 N–H and O–H groups in total. The van der Waals surface area contributed by atoms with E-state index >= 15 is 0 Å². The van der Waals surface area contributed by atoms with Crippen LogP contribution < -0.4 is 16.5 Å². The summed E-state index contributed by atoms with van der Waals surface area (Å²) in [4.78, 5) is 8.90. The van der Waals surface area contributed by atoms with Crippen molar-refractivity contribution in [2.24, 2.45) is 10.8 Å². The monoisotopic (exact) mass is 376 g/mol. The lowest BCUT2D eigenvalue weighted by molar-refractivity contribution is 1.05. The zero-order valence-electron chi connectivity index (χ0n) is 15.1. The Kier molecular flexibility index (Phi) is 5.73. The quantitative estimate of drug-likeness (QED) is 0.355. The molecular weight excluding hydrogens is 356 g/mol. The van der Waals surface area contributed by atoms with Crippen LogP contribution in [0.1, 0.15) is 18.3 Å². The Morgan fingerprint density at radius 2 is 1.74 bits per heavy atom. The number of thiocarbonyl (C=S) groups is 1. The number of hydrazone groups is 1. The molecule has 3 aromatic rings. The van der Waals surface area contributed by atoms with Crippen LogP contribution in [0.3, 0.4) is 0 Å². The standard InChI is InChI=1S/C20H20N6S/c1-13(15-8-10-17(11-9-15)24-20(21)27)25-26-19-12-18(22-14(2)23-19)16-6-4-3-5-7-16/h3-12H,1-2H3,(H3,21,24,27)(H,22,23,26). The fourth-order valence-corrected chi connectivity index (χ4v) is 2.64. The Hall–Kier alpha value is -3.32. The first-order chi connectivity index (χ1) is 13.0. The molecule has 0 unspecified atom stereocenters. The highest BCUT2D eigenvalue weighted by atomic mass is 32.1. The van der Waals surface area contributed by atoms with Gasteiger partial charge in [0.2, 0.25) is 0 Å². The average Bonchev–Trinajstić information content (AvgIpc) is 2.66. The van der Waals surface area contributed by atoms with Crippen LogP contribution in [0.5, 0.6) is 0 Å². The van der Waals surface area contributed by atoms with Gasteiger partial charge in [-0.15, -0.1) is 0 Å². The molecule has 136 valence electrons. The summed E-state index contributed by atoms with van der Waals surface area (Å²) in [6, 6.07) is 19.6. The number of nitrogens with two attached hydrogens (primary N) is 1. The molecule has 0 spiro atoms. The van der Waals surface area contributed by atoms with Crippen LogP contribution in [-0.4, -0.2) is 20.8 Å². The summed E-state index contributed by atoms with van der Waals surface area (Å²) in [5, 5.41) is 7.57. The molecule has 6 nitrogen and oxygen atoms in total. The molecule has 1 aromatic heterocycles. The first-order valence-electron chi connectivity index (χ1n) is 8.39. The number of rotatable bonds is 5. The summed E-state index contributed by atoms with van der Waals surface area (Å²) >= 11 is 4.83. The van der Waals surface area contributed by atoms with Crippen molar-refractivity contribution in [3.8, 4) is 11.3 Å². The lowest BCUT2D eigenvalue weighted by Gasteiger charge is -2.08. The Morgan fingerprint density at radius 3 is 2.41 bits per heavy atom. The molecular formula is C20H20N6S. The first kappa shape index (κ1) is 18.5. The highest BCUT2D eigenvalue weighted by molar-refractivity contribution is 7.80. The van der Waals surface area contributed by atoms with Gasteiger partial charge < -0.3 is 11.1 Å². The van der Waals surface area contributed by atoms with Crippen molar-refractivity contribution >= 4 is 34.5 Å². The number of nitrogens with zero attached hydrogens (tertiary/aromatic N) is 3. The Labute approximate surface area is 163 Å². The van der Waals surface area contributed by atoms with Gasteiger partial charge in [0, 0.05) is 17.3 Å². The Bertz CT molecular complexity index is 968. The van der Waals surface area contributed by atoms with Crippen LogP contribution in [0.4, 0.5) is 11.5 Å². The number of aromatic nitrogens is 2. The Balaban J connectivity index is 1.77. The van der Waals surface area contributed by atoms with Gasteiger partial charge in [0.05, 0.1) is 11.4 Å². The van der Waals surface area contributed by atoms with E-state index < -0.39 is 0 Å². The minimum atomic E-state index is 0.239. The van der Waals surface area contributed by atoms with Gasteiger partial charge in [0.15, 0.2) is 5.11 Å². The number of benzene rings is 2. The third-order valence-electron chi connectivity index (χ3n) is 3.82. The van der Waals surface area contributed by atoms with Crippen molar-refractivity contribution in [3.63, 3.8) is 0 Å². The topological polar surface area (TPSA) is 88.2 Å². The van der Waals surface area contributed by atoms with Crippen LogP contribution in [0, 0.1) is 6.92 Å². The van der Waals surface area contributed by atoms with E-state index in [1.165, 1.54) is 0 Å². The summed E-state index contributed by atoms with van der Waals surface area (Å²) in [7, 11) is 0. The van der Waals surface area contributed by atoms with Crippen molar-refractivity contribution < 1.29 is 0 Å². The van der Waals surface area contributed by atoms with E-state index in [-0.39, 0.29) is 5.11 Å². The molecule has 0 radical (unpaired) electrons. The van der Waals surface area contributed by atoms with Gasteiger partial charge in [-0.25, -0.2) is 9.97 Å². The minimum absolute atomic E-state index is 0.239. The van der Waals surface area contributed by atoms with Gasteiger partial charge in [-0.1, -0.05) is 42.5 Å². The van der Waals surface area contributed by atoms with Gasteiger partial charge in [-0.3, -0.25) is 5.43 Å². The fraction of sp³-hybridized carbons (Fsp3) is 0.100. The van der Waals surface area contributed by atoms with E-state index in [9.17, 15) is 0 Å². The highest BCUT2D eigenvalue weighted by Crippen LogP contribution is 2.19. The maximum absolute atomic E-state index is 5.48. The molecule has 0 atom stereocenters. The Morgan fingerprint density at radius 1 is 1.04 bits per heavy atom. The normalized spacial score (nSPS) is 11.1. The second-order valence-electron chi connectivity index (χ2n) is 5.93. The first-order valence-corrected chi connectivity index (χ1v) is 8.80. The molecule has 7 heteroatoms. The molecule has 0 aliphatic rings. The van der Waals surface area contributed by atoms with E-state index in [0.29, 0.717) is 11.6 Å². The van der Waals surface area contributed by atoms with Gasteiger partial charge in [-0.2, -0.15) is 5.10 Å². The van der Waals surface area contributed by atoms with E-state index in [0.717, 1.165) is 28.2 Å². The van der Waals surface area contributed by atoms with Gasteiger partial charge >= 0.3 is 0 Å². The zero-order chi connectivity index (χ0) is 19.2. The molecule has 3 rings (SSSR count). The average molecular weight is 376 g/mol. The minimum Gasteiger partial charge on any atom is -0.376 e. The molecule has 0 aliphatic carbocycles.